The van der Waals surface area contributed by atoms with E-state index in [4.69, 9.17) is 14.6 Å². The fourth-order valence-electron chi connectivity index (χ4n) is 3.55. The van der Waals surface area contributed by atoms with Crippen molar-refractivity contribution in [1.82, 2.24) is 10.2 Å². The Bertz CT molecular complexity index is 926. The van der Waals surface area contributed by atoms with Crippen molar-refractivity contribution in [2.45, 2.75) is 44.4 Å². The molecule has 0 heterocycles. The topological polar surface area (TPSA) is 129 Å². The zero-order chi connectivity index (χ0) is 25.6. The minimum Gasteiger partial charge on any atom is -0.493 e. The van der Waals surface area contributed by atoms with Gasteiger partial charge in [-0.05, 0) is 46.4 Å². The molecule has 0 fully saturated rings. The third-order valence-electron chi connectivity index (χ3n) is 5.09. The van der Waals surface area contributed by atoms with Gasteiger partial charge in [-0.1, -0.05) is 0 Å². The maximum absolute atomic E-state index is 13.2. The van der Waals surface area contributed by atoms with Crippen molar-refractivity contribution in [3.63, 3.8) is 0 Å². The number of alkyl halides is 3. The second-order valence-electron chi connectivity index (χ2n) is 7.55. The Balaban J connectivity index is 2.49. The zero-order valence-corrected chi connectivity index (χ0v) is 20.6. The van der Waals surface area contributed by atoms with Crippen molar-refractivity contribution < 1.29 is 47.6 Å². The molecule has 2 rings (SSSR count). The van der Waals surface area contributed by atoms with E-state index in [1.165, 1.54) is 19.3 Å². The third kappa shape index (κ3) is 7.20. The molecule has 0 radical (unpaired) electrons. The maximum Gasteiger partial charge on any atom is 0.406 e. The number of benzene rings is 1. The average Bonchev–Trinajstić information content (AvgIpc) is 2.77. The van der Waals surface area contributed by atoms with Crippen molar-refractivity contribution in [2.75, 3.05) is 26.8 Å². The second kappa shape index (κ2) is 12.0. The van der Waals surface area contributed by atoms with Crippen LogP contribution in [0, 0.1) is 3.57 Å². The van der Waals surface area contributed by atoms with Crippen LogP contribution in [0.15, 0.2) is 23.8 Å². The van der Waals surface area contributed by atoms with Crippen LogP contribution < -0.4 is 14.8 Å². The van der Waals surface area contributed by atoms with Crippen molar-refractivity contribution >= 4 is 34.4 Å². The van der Waals surface area contributed by atoms with E-state index in [0.717, 1.165) is 6.92 Å². The van der Waals surface area contributed by atoms with Crippen LogP contribution in [0.3, 0.4) is 0 Å². The lowest BCUT2D eigenvalue weighted by atomic mass is 9.88. The van der Waals surface area contributed by atoms with Gasteiger partial charge >= 0.3 is 6.18 Å². The molecule has 1 aliphatic rings. The lowest BCUT2D eigenvalue weighted by Gasteiger charge is -2.40. The van der Waals surface area contributed by atoms with Gasteiger partial charge in [-0.25, -0.2) is 0 Å². The summed E-state index contributed by atoms with van der Waals surface area (Å²) in [6.07, 6.45) is -6.74. The monoisotopic (exact) mass is 602 g/mol. The van der Waals surface area contributed by atoms with Gasteiger partial charge in [-0.15, -0.1) is 0 Å². The normalized spacial score (nSPS) is 20.4. The van der Waals surface area contributed by atoms with Gasteiger partial charge in [0.25, 0.3) is 0 Å². The van der Waals surface area contributed by atoms with Gasteiger partial charge in [0.1, 0.15) is 18.8 Å². The van der Waals surface area contributed by atoms with Gasteiger partial charge in [-0.2, -0.15) is 13.2 Å². The Hall–Kier alpha value is -2.10. The number of aliphatic hydroxyl groups is 3. The Morgan fingerprint density at radius 2 is 1.97 bits per heavy atom. The van der Waals surface area contributed by atoms with Crippen molar-refractivity contribution in [3.8, 4) is 11.5 Å². The molecule has 34 heavy (non-hydrogen) atoms. The summed E-state index contributed by atoms with van der Waals surface area (Å²) in [6, 6.07) is 1.67. The van der Waals surface area contributed by atoms with Gasteiger partial charge < -0.3 is 35.0 Å². The number of carbonyl (C=O) groups excluding carboxylic acids is 2. The lowest BCUT2D eigenvalue weighted by molar-refractivity contribution is -0.171. The van der Waals surface area contributed by atoms with Gasteiger partial charge in [0.05, 0.1) is 29.9 Å². The summed E-state index contributed by atoms with van der Waals surface area (Å²) in [5.41, 5.74) is 0.506. The molecule has 13 heteroatoms. The largest absolute Gasteiger partial charge is 0.493 e. The highest BCUT2D eigenvalue weighted by molar-refractivity contribution is 14.1. The van der Waals surface area contributed by atoms with Crippen molar-refractivity contribution in [3.05, 3.63) is 32.9 Å². The van der Waals surface area contributed by atoms with Crippen LogP contribution in [-0.2, 0) is 16.2 Å². The molecule has 2 amide bonds. The molecule has 0 saturated carbocycles. The molecule has 0 bridgehead atoms. The van der Waals surface area contributed by atoms with E-state index >= 15 is 0 Å². The highest BCUT2D eigenvalue weighted by atomic mass is 127. The highest BCUT2D eigenvalue weighted by Gasteiger charge is 2.43. The van der Waals surface area contributed by atoms with Crippen LogP contribution in [0.4, 0.5) is 13.2 Å². The average molecular weight is 602 g/mol. The maximum atomic E-state index is 13.2. The Labute approximate surface area is 207 Å². The first-order valence-electron chi connectivity index (χ1n) is 10.2. The van der Waals surface area contributed by atoms with E-state index in [1.807, 2.05) is 22.6 Å². The lowest BCUT2D eigenvalue weighted by Crippen LogP contribution is -2.56. The summed E-state index contributed by atoms with van der Waals surface area (Å²) in [5.74, 6) is -1.27. The minimum absolute atomic E-state index is 0.0110. The first-order chi connectivity index (χ1) is 15.9. The predicted molar refractivity (Wildman–Crippen MR) is 122 cm³/mol. The van der Waals surface area contributed by atoms with E-state index in [-0.39, 0.29) is 43.3 Å². The molecule has 0 spiro atoms. The Morgan fingerprint density at radius 1 is 1.29 bits per heavy atom. The van der Waals surface area contributed by atoms with Crippen LogP contribution >= 0.6 is 22.6 Å². The Kier molecular flexibility index (Phi) is 9.96. The standard InChI is InChI=1S/C21H26F3IN2O7/c1-11(30)27(10-21(22,23)24)15-7-13(20(32)26-3-4-28)8-16(18(15)31)34-19-14(25)5-12(9-29)6-17(19)33-2/h5-6,8,15-16,18,28-29,31H,3-4,7,9-10H2,1-2H3,(H,26,32). The molecule has 9 nitrogen and oxygen atoms in total. The summed E-state index contributed by atoms with van der Waals surface area (Å²) < 4.78 is 51.2. The van der Waals surface area contributed by atoms with Gasteiger partial charge in [0, 0.05) is 25.5 Å². The van der Waals surface area contributed by atoms with Crippen LogP contribution in [0.2, 0.25) is 0 Å². The molecule has 4 N–H and O–H groups in total. The molecular formula is C21H26F3IN2O7. The first-order valence-corrected chi connectivity index (χ1v) is 11.2. The number of ether oxygens (including phenoxy) is 2. The van der Waals surface area contributed by atoms with Gasteiger partial charge in [-0.3, -0.25) is 9.59 Å². The molecule has 0 aromatic heterocycles. The highest BCUT2D eigenvalue weighted by Crippen LogP contribution is 2.37. The van der Waals surface area contributed by atoms with Crippen molar-refractivity contribution in [1.29, 1.82) is 0 Å². The van der Waals surface area contributed by atoms with E-state index in [9.17, 15) is 33.0 Å². The Morgan fingerprint density at radius 3 is 2.50 bits per heavy atom. The number of methoxy groups -OCH3 is 1. The summed E-state index contributed by atoms with van der Waals surface area (Å²) in [5, 5.41) is 31.7. The molecular weight excluding hydrogens is 576 g/mol. The number of amides is 2. The number of nitrogens with zero attached hydrogens (tertiary/aromatic N) is 1. The summed E-state index contributed by atoms with van der Waals surface area (Å²) in [6.45, 7) is -1.40. The first kappa shape index (κ1) is 28.1. The summed E-state index contributed by atoms with van der Waals surface area (Å²) in [7, 11) is 1.35. The van der Waals surface area contributed by atoms with E-state index in [0.29, 0.717) is 14.0 Å². The summed E-state index contributed by atoms with van der Waals surface area (Å²) in [4.78, 5) is 25.1. The smallest absolute Gasteiger partial charge is 0.406 e. The van der Waals surface area contributed by atoms with Gasteiger partial charge in [0.2, 0.25) is 11.8 Å². The molecule has 0 saturated heterocycles. The van der Waals surface area contributed by atoms with E-state index < -0.39 is 42.8 Å². The predicted octanol–water partition coefficient (Wildman–Crippen LogP) is 1.12. The van der Waals surface area contributed by atoms with E-state index in [2.05, 4.69) is 5.32 Å². The van der Waals surface area contributed by atoms with Crippen molar-refractivity contribution in [2.24, 2.45) is 0 Å². The molecule has 3 atom stereocenters. The molecule has 1 aromatic carbocycles. The fourth-order valence-corrected chi connectivity index (χ4v) is 4.34. The number of carbonyl (C=O) groups is 2. The number of aliphatic hydroxyl groups excluding tert-OH is 3. The molecule has 190 valence electrons. The van der Waals surface area contributed by atoms with Crippen LogP contribution in [0.25, 0.3) is 0 Å². The fraction of sp³-hybridized carbons (Fsp3) is 0.524. The van der Waals surface area contributed by atoms with E-state index in [1.54, 1.807) is 6.07 Å². The van der Waals surface area contributed by atoms with Crippen LogP contribution in [-0.4, -0.2) is 83.3 Å². The quantitative estimate of drug-likeness (QED) is 0.312. The third-order valence-corrected chi connectivity index (χ3v) is 5.90. The second-order valence-corrected chi connectivity index (χ2v) is 8.71. The minimum atomic E-state index is -4.74. The molecule has 1 aliphatic carbocycles. The molecule has 3 unspecified atom stereocenters. The number of hydrogen-bond acceptors (Lipinski definition) is 7. The number of rotatable bonds is 9. The summed E-state index contributed by atoms with van der Waals surface area (Å²) >= 11 is 1.91. The number of nitrogens with one attached hydrogen (secondary N) is 1. The number of halogens is 4. The molecule has 1 aromatic rings. The van der Waals surface area contributed by atoms with Crippen LogP contribution in [0.1, 0.15) is 18.9 Å². The molecule has 0 aliphatic heterocycles. The van der Waals surface area contributed by atoms with Crippen LogP contribution in [0.5, 0.6) is 11.5 Å². The number of hydrogen-bond donors (Lipinski definition) is 4. The van der Waals surface area contributed by atoms with Gasteiger partial charge in [0.15, 0.2) is 11.5 Å². The SMILES string of the molecule is COc1cc(CO)cc(I)c1OC1C=C(C(=O)NCCO)CC(N(CC(F)(F)F)C(C)=O)C1O. The zero-order valence-electron chi connectivity index (χ0n) is 18.4.